The molecule has 0 bridgehead atoms. The van der Waals surface area contributed by atoms with E-state index in [1.807, 2.05) is 24.1 Å². The molecule has 2 rings (SSSR count). The van der Waals surface area contributed by atoms with Gasteiger partial charge in [0.15, 0.2) is 0 Å². The van der Waals surface area contributed by atoms with Gasteiger partial charge >= 0.3 is 0 Å². The van der Waals surface area contributed by atoms with Gasteiger partial charge in [-0.05, 0) is 43.4 Å². The van der Waals surface area contributed by atoms with E-state index < -0.39 is 0 Å². The van der Waals surface area contributed by atoms with Gasteiger partial charge in [-0.3, -0.25) is 0 Å². The lowest BCUT2D eigenvalue weighted by molar-refractivity contribution is 0.134. The van der Waals surface area contributed by atoms with Crippen LogP contribution in [0.15, 0.2) is 24.3 Å². The number of benzene rings is 1. The van der Waals surface area contributed by atoms with Gasteiger partial charge in [-0.1, -0.05) is 18.6 Å². The first-order valence-corrected chi connectivity index (χ1v) is 6.33. The van der Waals surface area contributed by atoms with E-state index >= 15 is 0 Å². The largest absolute Gasteiger partial charge is 0.372 e. The third kappa shape index (κ3) is 2.60. The van der Waals surface area contributed by atoms with Crippen LogP contribution >= 0.6 is 0 Å². The van der Waals surface area contributed by atoms with Gasteiger partial charge in [0.2, 0.25) is 0 Å². The molecule has 0 heterocycles. The molecule has 0 spiro atoms. The van der Waals surface area contributed by atoms with Gasteiger partial charge in [0.25, 0.3) is 0 Å². The zero-order valence-electron chi connectivity index (χ0n) is 10.5. The van der Waals surface area contributed by atoms with E-state index in [1.54, 1.807) is 6.07 Å². The average Bonchev–Trinajstić information content (AvgIpc) is 2.28. The van der Waals surface area contributed by atoms with Crippen molar-refractivity contribution in [2.24, 2.45) is 11.1 Å². The van der Waals surface area contributed by atoms with Crippen molar-refractivity contribution in [1.82, 2.24) is 0 Å². The number of hydrogen-bond donors (Lipinski definition) is 1. The number of rotatable bonds is 5. The topological polar surface area (TPSA) is 29.3 Å². The normalized spacial score (nSPS) is 17.6. The fraction of sp³-hybridized carbons (Fsp3) is 0.571. The number of hydrogen-bond acceptors (Lipinski definition) is 2. The fourth-order valence-electron chi connectivity index (χ4n) is 2.52. The molecule has 1 aliphatic carbocycles. The molecule has 94 valence electrons. The first kappa shape index (κ1) is 12.4. The highest BCUT2D eigenvalue weighted by Gasteiger charge is 2.35. The monoisotopic (exact) mass is 236 g/mol. The molecule has 0 aromatic heterocycles. The lowest BCUT2D eigenvalue weighted by Gasteiger charge is -2.42. The summed E-state index contributed by atoms with van der Waals surface area (Å²) in [6, 6.07) is 6.93. The highest BCUT2D eigenvalue weighted by molar-refractivity contribution is 5.46. The number of anilines is 1. The van der Waals surface area contributed by atoms with Crippen LogP contribution in [0, 0.1) is 11.2 Å². The Labute approximate surface area is 103 Å². The highest BCUT2D eigenvalue weighted by atomic mass is 19.1. The molecule has 1 aromatic rings. The fourth-order valence-corrected chi connectivity index (χ4v) is 2.52. The third-order valence-electron chi connectivity index (χ3n) is 4.09. The maximum absolute atomic E-state index is 13.6. The van der Waals surface area contributed by atoms with Crippen molar-refractivity contribution < 1.29 is 4.39 Å². The Hall–Kier alpha value is -1.09. The molecule has 2 nitrogen and oxygen atoms in total. The van der Waals surface area contributed by atoms with E-state index in [1.165, 1.54) is 25.3 Å². The van der Waals surface area contributed by atoms with Crippen molar-refractivity contribution in [2.75, 3.05) is 25.0 Å². The lowest BCUT2D eigenvalue weighted by Crippen LogP contribution is -2.40. The van der Waals surface area contributed by atoms with Crippen LogP contribution in [0.5, 0.6) is 0 Å². The Morgan fingerprint density at radius 3 is 2.59 bits per heavy atom. The minimum absolute atomic E-state index is 0.148. The van der Waals surface area contributed by atoms with Crippen LogP contribution in [0.2, 0.25) is 0 Å². The number of halogens is 1. The molecule has 0 radical (unpaired) electrons. The molecule has 1 aliphatic rings. The van der Waals surface area contributed by atoms with E-state index in [0.29, 0.717) is 11.1 Å². The van der Waals surface area contributed by atoms with Gasteiger partial charge in [0.05, 0.1) is 5.69 Å². The third-order valence-corrected chi connectivity index (χ3v) is 4.09. The summed E-state index contributed by atoms with van der Waals surface area (Å²) in [7, 11) is 1.95. The van der Waals surface area contributed by atoms with Crippen LogP contribution in [0.1, 0.15) is 25.7 Å². The van der Waals surface area contributed by atoms with Crippen molar-refractivity contribution in [3.05, 3.63) is 30.1 Å². The Morgan fingerprint density at radius 1 is 1.35 bits per heavy atom. The molecule has 0 atom stereocenters. The summed E-state index contributed by atoms with van der Waals surface area (Å²) in [4.78, 5) is 1.99. The van der Waals surface area contributed by atoms with E-state index in [9.17, 15) is 4.39 Å². The summed E-state index contributed by atoms with van der Waals surface area (Å²) < 4.78 is 13.6. The van der Waals surface area contributed by atoms with Crippen LogP contribution in [0.3, 0.4) is 0 Å². The SMILES string of the molecule is CN(CCC1(CN)CCC1)c1ccccc1F. The van der Waals surface area contributed by atoms with Gasteiger partial charge in [-0.15, -0.1) is 0 Å². The predicted molar refractivity (Wildman–Crippen MR) is 69.6 cm³/mol. The van der Waals surface area contributed by atoms with Crippen molar-refractivity contribution in [1.29, 1.82) is 0 Å². The van der Waals surface area contributed by atoms with Gasteiger partial charge in [0.1, 0.15) is 5.82 Å². The molecule has 3 heteroatoms. The molecule has 0 amide bonds. The molecule has 2 N–H and O–H groups in total. The molecule has 1 saturated carbocycles. The van der Waals surface area contributed by atoms with Gasteiger partial charge in [-0.25, -0.2) is 4.39 Å². The Balaban J connectivity index is 1.93. The molecule has 17 heavy (non-hydrogen) atoms. The summed E-state index contributed by atoms with van der Waals surface area (Å²) in [5, 5.41) is 0. The minimum atomic E-state index is -0.148. The van der Waals surface area contributed by atoms with E-state index in [4.69, 9.17) is 5.73 Å². The van der Waals surface area contributed by atoms with Crippen molar-refractivity contribution in [3.63, 3.8) is 0 Å². The molecule has 0 unspecified atom stereocenters. The van der Waals surface area contributed by atoms with Crippen LogP contribution in [0.4, 0.5) is 10.1 Å². The lowest BCUT2D eigenvalue weighted by atomic mass is 9.66. The number of nitrogens with zero attached hydrogens (tertiary/aromatic N) is 1. The van der Waals surface area contributed by atoms with Gasteiger partial charge in [-0.2, -0.15) is 0 Å². The zero-order chi connectivity index (χ0) is 12.3. The summed E-state index contributed by atoms with van der Waals surface area (Å²) in [6.07, 6.45) is 4.82. The van der Waals surface area contributed by atoms with Crippen LogP contribution in [-0.2, 0) is 0 Å². The second kappa shape index (κ2) is 5.05. The highest BCUT2D eigenvalue weighted by Crippen LogP contribution is 2.43. The Kier molecular flexibility index (Phi) is 3.67. The molecule has 1 fully saturated rings. The molecule has 1 aromatic carbocycles. The van der Waals surface area contributed by atoms with Crippen LogP contribution < -0.4 is 10.6 Å². The summed E-state index contributed by atoms with van der Waals surface area (Å²) in [6.45, 7) is 1.64. The summed E-state index contributed by atoms with van der Waals surface area (Å²) in [5.74, 6) is -0.148. The van der Waals surface area contributed by atoms with E-state index in [0.717, 1.165) is 19.5 Å². The summed E-state index contributed by atoms with van der Waals surface area (Å²) >= 11 is 0. The average molecular weight is 236 g/mol. The predicted octanol–water partition coefficient (Wildman–Crippen LogP) is 2.78. The van der Waals surface area contributed by atoms with E-state index in [-0.39, 0.29) is 5.82 Å². The quantitative estimate of drug-likeness (QED) is 0.851. The zero-order valence-corrected chi connectivity index (χ0v) is 10.5. The standard InChI is InChI=1S/C14H21FN2/c1-17(13-6-3-2-5-12(13)15)10-9-14(11-16)7-4-8-14/h2-3,5-6H,4,7-11,16H2,1H3. The molecule has 0 aliphatic heterocycles. The second-order valence-electron chi connectivity index (χ2n) is 5.18. The molecule has 0 saturated heterocycles. The van der Waals surface area contributed by atoms with Gasteiger partial charge < -0.3 is 10.6 Å². The first-order chi connectivity index (χ1) is 8.17. The minimum Gasteiger partial charge on any atom is -0.372 e. The van der Waals surface area contributed by atoms with E-state index in [2.05, 4.69) is 0 Å². The molecular weight excluding hydrogens is 215 g/mol. The number of nitrogens with two attached hydrogens (primary N) is 1. The van der Waals surface area contributed by atoms with Crippen LogP contribution in [-0.4, -0.2) is 20.1 Å². The number of para-hydroxylation sites is 1. The second-order valence-corrected chi connectivity index (χ2v) is 5.18. The maximum atomic E-state index is 13.6. The first-order valence-electron chi connectivity index (χ1n) is 6.33. The Morgan fingerprint density at radius 2 is 2.06 bits per heavy atom. The van der Waals surface area contributed by atoms with Crippen molar-refractivity contribution in [2.45, 2.75) is 25.7 Å². The van der Waals surface area contributed by atoms with Crippen molar-refractivity contribution in [3.8, 4) is 0 Å². The maximum Gasteiger partial charge on any atom is 0.146 e. The smallest absolute Gasteiger partial charge is 0.146 e. The van der Waals surface area contributed by atoms with Crippen molar-refractivity contribution >= 4 is 5.69 Å². The Bertz CT molecular complexity index is 369. The van der Waals surface area contributed by atoms with Crippen LogP contribution in [0.25, 0.3) is 0 Å². The summed E-state index contributed by atoms with van der Waals surface area (Å²) in [5.41, 5.74) is 6.84. The molecular formula is C14H21FN2. The van der Waals surface area contributed by atoms with Gasteiger partial charge in [0, 0.05) is 13.6 Å².